The topological polar surface area (TPSA) is 49.4 Å². The van der Waals surface area contributed by atoms with Crippen LogP contribution >= 0.6 is 0 Å². The Labute approximate surface area is 133 Å². The van der Waals surface area contributed by atoms with Crippen LogP contribution in [0.3, 0.4) is 0 Å². The summed E-state index contributed by atoms with van der Waals surface area (Å²) in [7, 11) is 0. The third-order valence-corrected chi connectivity index (χ3v) is 3.95. The summed E-state index contributed by atoms with van der Waals surface area (Å²) < 4.78 is 0. The molecular formula is C18H28N2O2. The maximum absolute atomic E-state index is 12.3. The Bertz CT molecular complexity index is 473. The Hall–Kier alpha value is -1.84. The normalized spacial score (nSPS) is 13.3. The summed E-state index contributed by atoms with van der Waals surface area (Å²) in [6, 6.07) is 9.71. The zero-order valence-electron chi connectivity index (χ0n) is 14.1. The lowest BCUT2D eigenvalue weighted by atomic mass is 10.1. The summed E-state index contributed by atoms with van der Waals surface area (Å²) in [5.41, 5.74) is 1.17. The molecule has 0 heterocycles. The molecule has 0 saturated heterocycles. The van der Waals surface area contributed by atoms with E-state index in [2.05, 4.69) is 5.32 Å². The monoisotopic (exact) mass is 304 g/mol. The average Bonchev–Trinajstić information content (AvgIpc) is 2.55. The molecule has 4 heteroatoms. The lowest BCUT2D eigenvalue weighted by molar-refractivity contribution is -0.139. The van der Waals surface area contributed by atoms with Crippen molar-refractivity contribution in [3.05, 3.63) is 35.9 Å². The first-order valence-electron chi connectivity index (χ1n) is 8.13. The predicted molar refractivity (Wildman–Crippen MR) is 89.5 cm³/mol. The second-order valence-corrected chi connectivity index (χ2v) is 5.67. The van der Waals surface area contributed by atoms with Crippen LogP contribution in [-0.2, 0) is 16.0 Å². The molecule has 1 aromatic rings. The highest BCUT2D eigenvalue weighted by Gasteiger charge is 2.25. The van der Waals surface area contributed by atoms with Crippen LogP contribution in [-0.4, -0.2) is 35.3 Å². The molecule has 122 valence electrons. The molecule has 0 aliphatic carbocycles. The number of rotatable bonds is 8. The van der Waals surface area contributed by atoms with E-state index in [1.165, 1.54) is 5.56 Å². The fraction of sp³-hybridized carbons (Fsp3) is 0.556. The van der Waals surface area contributed by atoms with E-state index < -0.39 is 6.04 Å². The van der Waals surface area contributed by atoms with Gasteiger partial charge >= 0.3 is 0 Å². The van der Waals surface area contributed by atoms with Crippen molar-refractivity contribution >= 4 is 11.8 Å². The van der Waals surface area contributed by atoms with E-state index in [0.29, 0.717) is 13.0 Å². The number of amides is 2. The van der Waals surface area contributed by atoms with E-state index >= 15 is 0 Å². The summed E-state index contributed by atoms with van der Waals surface area (Å²) in [6.45, 7) is 8.19. The number of nitrogens with one attached hydrogen (secondary N) is 1. The molecule has 0 aromatic heterocycles. The number of hydrogen-bond donors (Lipinski definition) is 1. The smallest absolute Gasteiger partial charge is 0.242 e. The molecule has 2 unspecified atom stereocenters. The van der Waals surface area contributed by atoms with Gasteiger partial charge in [-0.3, -0.25) is 9.59 Å². The van der Waals surface area contributed by atoms with E-state index in [4.69, 9.17) is 0 Å². The third-order valence-electron chi connectivity index (χ3n) is 3.95. The zero-order valence-corrected chi connectivity index (χ0v) is 14.1. The highest BCUT2D eigenvalue weighted by atomic mass is 16.2. The highest BCUT2D eigenvalue weighted by Crippen LogP contribution is 2.08. The van der Waals surface area contributed by atoms with Crippen molar-refractivity contribution in [3.63, 3.8) is 0 Å². The number of benzene rings is 1. The van der Waals surface area contributed by atoms with Gasteiger partial charge in [-0.05, 0) is 32.3 Å². The molecule has 0 spiro atoms. The Morgan fingerprint density at radius 1 is 1.14 bits per heavy atom. The first kappa shape index (κ1) is 18.2. The van der Waals surface area contributed by atoms with Crippen molar-refractivity contribution in [2.24, 2.45) is 0 Å². The standard InChI is InChI=1S/C18H28N2O2/c1-5-14(3)19-18(22)15(4)20(17(21)6-2)13-12-16-10-8-7-9-11-16/h7-11,14-15H,5-6,12-13H2,1-4H3,(H,19,22). The van der Waals surface area contributed by atoms with Crippen LogP contribution in [0.2, 0.25) is 0 Å². The first-order valence-corrected chi connectivity index (χ1v) is 8.13. The number of hydrogen-bond acceptors (Lipinski definition) is 2. The average molecular weight is 304 g/mol. The van der Waals surface area contributed by atoms with Gasteiger partial charge in [0.1, 0.15) is 6.04 Å². The fourth-order valence-corrected chi connectivity index (χ4v) is 2.24. The van der Waals surface area contributed by atoms with E-state index in [-0.39, 0.29) is 17.9 Å². The molecule has 1 rings (SSSR count). The Morgan fingerprint density at radius 3 is 2.32 bits per heavy atom. The summed E-state index contributed by atoms with van der Waals surface area (Å²) in [5.74, 6) is -0.0630. The predicted octanol–water partition coefficient (Wildman–Crippen LogP) is 2.77. The Kier molecular flexibility index (Phi) is 7.64. The van der Waals surface area contributed by atoms with Gasteiger partial charge in [0.25, 0.3) is 0 Å². The third kappa shape index (κ3) is 5.51. The molecule has 2 amide bonds. The molecule has 22 heavy (non-hydrogen) atoms. The molecule has 1 N–H and O–H groups in total. The van der Waals surface area contributed by atoms with Crippen LogP contribution in [0.4, 0.5) is 0 Å². The van der Waals surface area contributed by atoms with Crippen LogP contribution in [0.25, 0.3) is 0 Å². The minimum absolute atomic E-state index is 0.0164. The fourth-order valence-electron chi connectivity index (χ4n) is 2.24. The van der Waals surface area contributed by atoms with E-state index in [1.54, 1.807) is 11.8 Å². The van der Waals surface area contributed by atoms with Crippen molar-refractivity contribution in [1.82, 2.24) is 10.2 Å². The highest BCUT2D eigenvalue weighted by molar-refractivity contribution is 5.87. The molecule has 4 nitrogen and oxygen atoms in total. The minimum atomic E-state index is -0.440. The van der Waals surface area contributed by atoms with Gasteiger partial charge in [0.2, 0.25) is 11.8 Å². The summed E-state index contributed by atoms with van der Waals surface area (Å²) in [5, 5.41) is 2.95. The molecular weight excluding hydrogens is 276 g/mol. The lowest BCUT2D eigenvalue weighted by Crippen LogP contribution is -2.50. The van der Waals surface area contributed by atoms with Crippen molar-refractivity contribution in [3.8, 4) is 0 Å². The molecule has 0 radical (unpaired) electrons. The Morgan fingerprint density at radius 2 is 1.77 bits per heavy atom. The van der Waals surface area contributed by atoms with Gasteiger partial charge in [-0.1, -0.05) is 44.2 Å². The summed E-state index contributed by atoms with van der Waals surface area (Å²) >= 11 is 0. The molecule has 0 aliphatic heterocycles. The van der Waals surface area contributed by atoms with E-state index in [0.717, 1.165) is 12.8 Å². The lowest BCUT2D eigenvalue weighted by Gasteiger charge is -2.29. The Balaban J connectivity index is 2.71. The van der Waals surface area contributed by atoms with Gasteiger partial charge in [0.05, 0.1) is 0 Å². The molecule has 2 atom stereocenters. The maximum atomic E-state index is 12.3. The van der Waals surface area contributed by atoms with Gasteiger partial charge in [-0.25, -0.2) is 0 Å². The van der Waals surface area contributed by atoms with E-state index in [9.17, 15) is 9.59 Å². The van der Waals surface area contributed by atoms with E-state index in [1.807, 2.05) is 51.1 Å². The molecule has 0 aliphatic rings. The molecule has 0 fully saturated rings. The SMILES string of the molecule is CCC(=O)N(CCc1ccccc1)C(C)C(=O)NC(C)CC. The molecule has 0 bridgehead atoms. The van der Waals surface area contributed by atoms with Crippen molar-refractivity contribution in [2.45, 2.75) is 59.0 Å². The van der Waals surface area contributed by atoms with Crippen molar-refractivity contribution in [1.29, 1.82) is 0 Å². The van der Waals surface area contributed by atoms with Gasteiger partial charge in [0.15, 0.2) is 0 Å². The van der Waals surface area contributed by atoms with Crippen molar-refractivity contribution in [2.75, 3.05) is 6.54 Å². The second kappa shape index (κ2) is 9.23. The van der Waals surface area contributed by atoms with Gasteiger partial charge in [0, 0.05) is 19.0 Å². The minimum Gasteiger partial charge on any atom is -0.352 e. The van der Waals surface area contributed by atoms with Crippen LogP contribution in [0.15, 0.2) is 30.3 Å². The van der Waals surface area contributed by atoms with Crippen LogP contribution < -0.4 is 5.32 Å². The van der Waals surface area contributed by atoms with Gasteiger partial charge in [-0.2, -0.15) is 0 Å². The first-order chi connectivity index (χ1) is 10.5. The number of nitrogens with zero attached hydrogens (tertiary/aromatic N) is 1. The maximum Gasteiger partial charge on any atom is 0.242 e. The van der Waals surface area contributed by atoms with Crippen molar-refractivity contribution < 1.29 is 9.59 Å². The largest absolute Gasteiger partial charge is 0.352 e. The van der Waals surface area contributed by atoms with Gasteiger partial charge in [-0.15, -0.1) is 0 Å². The molecule has 1 aromatic carbocycles. The quantitative estimate of drug-likeness (QED) is 0.803. The summed E-state index contributed by atoms with van der Waals surface area (Å²) in [4.78, 5) is 26.1. The molecule has 0 saturated carbocycles. The van der Waals surface area contributed by atoms with Crippen LogP contribution in [0.1, 0.15) is 46.1 Å². The van der Waals surface area contributed by atoms with Crippen LogP contribution in [0, 0.1) is 0 Å². The summed E-state index contributed by atoms with van der Waals surface area (Å²) in [6.07, 6.45) is 2.05. The number of carbonyl (C=O) groups is 2. The number of carbonyl (C=O) groups excluding carboxylic acids is 2. The van der Waals surface area contributed by atoms with Crippen LogP contribution in [0.5, 0.6) is 0 Å². The second-order valence-electron chi connectivity index (χ2n) is 5.67. The zero-order chi connectivity index (χ0) is 16.5. The van der Waals surface area contributed by atoms with Gasteiger partial charge < -0.3 is 10.2 Å².